The molecule has 9 nitrogen and oxygen atoms in total. The number of nitro groups is 1. The average Bonchev–Trinajstić information content (AvgIpc) is 2.48. The minimum Gasteiger partial charge on any atom is -0.473 e. The van der Waals surface area contributed by atoms with Gasteiger partial charge < -0.3 is 14.7 Å². The second-order valence-corrected chi connectivity index (χ2v) is 4.59. The molecule has 1 aliphatic heterocycles. The summed E-state index contributed by atoms with van der Waals surface area (Å²) >= 11 is 0. The first kappa shape index (κ1) is 15.4. The van der Waals surface area contributed by atoms with Gasteiger partial charge in [0, 0.05) is 32.7 Å². The highest BCUT2D eigenvalue weighted by Gasteiger charge is 2.29. The highest BCUT2D eigenvalue weighted by Crippen LogP contribution is 2.33. The van der Waals surface area contributed by atoms with Crippen molar-refractivity contribution < 1.29 is 14.8 Å². The number of aliphatic hydroxyl groups excluding tert-OH is 1. The van der Waals surface area contributed by atoms with Crippen molar-refractivity contribution in [1.29, 1.82) is 0 Å². The molecule has 9 heteroatoms. The molecule has 0 spiro atoms. The Bertz CT molecular complexity index is 491. The second-order valence-electron chi connectivity index (χ2n) is 4.59. The molecule has 0 amide bonds. The highest BCUT2D eigenvalue weighted by atomic mass is 16.6. The Balaban J connectivity index is 2.20. The smallest absolute Gasteiger partial charge is 0.372 e. The molecule has 1 aromatic rings. The average molecular weight is 297 g/mol. The Hall–Kier alpha value is -2.00. The normalized spacial score (nSPS) is 16.0. The molecule has 2 heterocycles. The molecular formula is C12H19N5O4. The second kappa shape index (κ2) is 7.14. The van der Waals surface area contributed by atoms with E-state index in [1.807, 2.05) is 4.90 Å². The molecule has 0 aromatic carbocycles. The zero-order chi connectivity index (χ0) is 15.2. The SMILES string of the molecule is CCOc1ncnc(N2CCN(CCO)CC2)c1[N+](=O)[O-]. The first-order chi connectivity index (χ1) is 10.2. The van der Waals surface area contributed by atoms with E-state index in [1.165, 1.54) is 6.33 Å². The third-order valence-electron chi connectivity index (χ3n) is 3.32. The predicted octanol–water partition coefficient (Wildman–Crippen LogP) is -0.102. The van der Waals surface area contributed by atoms with Gasteiger partial charge in [-0.1, -0.05) is 0 Å². The third kappa shape index (κ3) is 3.56. The Morgan fingerprint density at radius 2 is 2.10 bits per heavy atom. The molecule has 1 N–H and O–H groups in total. The van der Waals surface area contributed by atoms with Crippen LogP contribution < -0.4 is 9.64 Å². The van der Waals surface area contributed by atoms with E-state index in [9.17, 15) is 10.1 Å². The van der Waals surface area contributed by atoms with Gasteiger partial charge in [0.15, 0.2) is 0 Å². The monoisotopic (exact) mass is 297 g/mol. The molecule has 1 fully saturated rings. The maximum atomic E-state index is 11.3. The van der Waals surface area contributed by atoms with Crippen LogP contribution in [-0.4, -0.2) is 70.8 Å². The van der Waals surface area contributed by atoms with Gasteiger partial charge in [-0.3, -0.25) is 15.0 Å². The van der Waals surface area contributed by atoms with Crippen LogP contribution in [0, 0.1) is 10.1 Å². The Morgan fingerprint density at radius 1 is 1.38 bits per heavy atom. The van der Waals surface area contributed by atoms with Crippen molar-refractivity contribution in [3.63, 3.8) is 0 Å². The number of aromatic nitrogens is 2. The van der Waals surface area contributed by atoms with E-state index in [0.29, 0.717) is 32.1 Å². The lowest BCUT2D eigenvalue weighted by Crippen LogP contribution is -2.47. The standard InChI is InChI=1S/C12H19N5O4/c1-2-21-12-10(17(19)20)11(13-9-14-12)16-5-3-15(4-6-16)7-8-18/h9,18H,2-8H2,1H3. The summed E-state index contributed by atoms with van der Waals surface area (Å²) in [6.07, 6.45) is 1.29. The fourth-order valence-corrected chi connectivity index (χ4v) is 2.31. The minimum atomic E-state index is -0.500. The number of hydrogen-bond donors (Lipinski definition) is 1. The number of anilines is 1. The molecule has 0 bridgehead atoms. The van der Waals surface area contributed by atoms with Crippen LogP contribution in [0.3, 0.4) is 0 Å². The summed E-state index contributed by atoms with van der Waals surface area (Å²) in [5.41, 5.74) is -0.185. The summed E-state index contributed by atoms with van der Waals surface area (Å²) in [6.45, 7) is 5.47. The van der Waals surface area contributed by atoms with Crippen molar-refractivity contribution in [3.05, 3.63) is 16.4 Å². The van der Waals surface area contributed by atoms with Gasteiger partial charge in [-0.2, -0.15) is 4.98 Å². The molecule has 0 radical (unpaired) electrons. The van der Waals surface area contributed by atoms with Crippen LogP contribution >= 0.6 is 0 Å². The van der Waals surface area contributed by atoms with E-state index in [-0.39, 0.29) is 18.2 Å². The van der Waals surface area contributed by atoms with Gasteiger partial charge in [-0.25, -0.2) is 4.98 Å². The molecule has 0 saturated carbocycles. The van der Waals surface area contributed by atoms with Gasteiger partial charge in [-0.05, 0) is 6.92 Å². The van der Waals surface area contributed by atoms with E-state index < -0.39 is 4.92 Å². The van der Waals surface area contributed by atoms with Crippen molar-refractivity contribution in [2.24, 2.45) is 0 Å². The summed E-state index contributed by atoms with van der Waals surface area (Å²) < 4.78 is 5.23. The van der Waals surface area contributed by atoms with Crippen LogP contribution in [0.2, 0.25) is 0 Å². The number of ether oxygens (including phenoxy) is 1. The molecule has 0 atom stereocenters. The summed E-state index contributed by atoms with van der Waals surface area (Å²) in [5, 5.41) is 20.2. The van der Waals surface area contributed by atoms with E-state index in [0.717, 1.165) is 13.1 Å². The van der Waals surface area contributed by atoms with E-state index >= 15 is 0 Å². The molecule has 1 saturated heterocycles. The van der Waals surface area contributed by atoms with Gasteiger partial charge in [0.05, 0.1) is 18.1 Å². The number of nitrogens with zero attached hydrogens (tertiary/aromatic N) is 5. The first-order valence-electron chi connectivity index (χ1n) is 6.87. The van der Waals surface area contributed by atoms with Crippen molar-refractivity contribution >= 4 is 11.5 Å². The van der Waals surface area contributed by atoms with Crippen molar-refractivity contribution in [1.82, 2.24) is 14.9 Å². The van der Waals surface area contributed by atoms with E-state index in [4.69, 9.17) is 9.84 Å². The summed E-state index contributed by atoms with van der Waals surface area (Å²) in [4.78, 5) is 22.7. The van der Waals surface area contributed by atoms with Crippen molar-refractivity contribution in [2.45, 2.75) is 6.92 Å². The Morgan fingerprint density at radius 3 is 2.67 bits per heavy atom. The lowest BCUT2D eigenvalue weighted by Gasteiger charge is -2.34. The summed E-state index contributed by atoms with van der Waals surface area (Å²) in [6, 6.07) is 0. The molecule has 2 rings (SSSR count). The minimum absolute atomic E-state index is 0.00490. The third-order valence-corrected chi connectivity index (χ3v) is 3.32. The Kier molecular flexibility index (Phi) is 5.23. The van der Waals surface area contributed by atoms with E-state index in [2.05, 4.69) is 14.9 Å². The molecule has 21 heavy (non-hydrogen) atoms. The highest BCUT2D eigenvalue weighted by molar-refractivity contribution is 5.62. The van der Waals surface area contributed by atoms with Crippen LogP contribution in [0.4, 0.5) is 11.5 Å². The van der Waals surface area contributed by atoms with Crippen molar-refractivity contribution in [3.8, 4) is 5.88 Å². The number of aliphatic hydroxyl groups is 1. The Labute approximate surface area is 122 Å². The molecular weight excluding hydrogens is 278 g/mol. The first-order valence-corrected chi connectivity index (χ1v) is 6.87. The largest absolute Gasteiger partial charge is 0.473 e. The maximum absolute atomic E-state index is 11.3. The van der Waals surface area contributed by atoms with Gasteiger partial charge in [0.1, 0.15) is 6.33 Å². The van der Waals surface area contributed by atoms with Gasteiger partial charge in [0.25, 0.3) is 5.88 Å². The lowest BCUT2D eigenvalue weighted by atomic mass is 10.3. The van der Waals surface area contributed by atoms with Crippen LogP contribution in [0.25, 0.3) is 0 Å². The fraction of sp³-hybridized carbons (Fsp3) is 0.667. The maximum Gasteiger partial charge on any atom is 0.372 e. The number of piperazine rings is 1. The molecule has 1 aromatic heterocycles. The quantitative estimate of drug-likeness (QED) is 0.573. The van der Waals surface area contributed by atoms with Gasteiger partial charge in [0.2, 0.25) is 5.82 Å². The molecule has 0 aliphatic carbocycles. The fourth-order valence-electron chi connectivity index (χ4n) is 2.31. The molecule has 0 unspecified atom stereocenters. The van der Waals surface area contributed by atoms with Gasteiger partial charge >= 0.3 is 5.69 Å². The molecule has 1 aliphatic rings. The molecule has 116 valence electrons. The van der Waals surface area contributed by atoms with Crippen molar-refractivity contribution in [2.75, 3.05) is 50.8 Å². The zero-order valence-electron chi connectivity index (χ0n) is 11.9. The lowest BCUT2D eigenvalue weighted by molar-refractivity contribution is -0.385. The number of β-amino-alcohol motifs (C(OH)–C–C–N with tert-alkyl or cyclic N) is 1. The number of hydrogen-bond acceptors (Lipinski definition) is 8. The van der Waals surface area contributed by atoms with Crippen LogP contribution in [0.15, 0.2) is 6.33 Å². The topological polar surface area (TPSA) is 105 Å². The van der Waals surface area contributed by atoms with Crippen LogP contribution in [0.5, 0.6) is 5.88 Å². The zero-order valence-corrected chi connectivity index (χ0v) is 11.9. The summed E-state index contributed by atoms with van der Waals surface area (Å²) in [7, 11) is 0. The van der Waals surface area contributed by atoms with Gasteiger partial charge in [-0.15, -0.1) is 0 Å². The van der Waals surface area contributed by atoms with Crippen LogP contribution in [0.1, 0.15) is 6.92 Å². The van der Waals surface area contributed by atoms with E-state index in [1.54, 1.807) is 6.92 Å². The van der Waals surface area contributed by atoms with Crippen LogP contribution in [-0.2, 0) is 0 Å². The number of rotatable bonds is 6. The summed E-state index contributed by atoms with van der Waals surface area (Å²) in [5.74, 6) is 0.299. The predicted molar refractivity (Wildman–Crippen MR) is 75.6 cm³/mol.